The molecule has 0 unspecified atom stereocenters. The van der Waals surface area contributed by atoms with Crippen molar-refractivity contribution in [1.82, 2.24) is 0 Å². The van der Waals surface area contributed by atoms with Crippen LogP contribution in [-0.2, 0) is 6.18 Å². The number of rotatable bonds is 1. The van der Waals surface area contributed by atoms with Crippen LogP contribution < -0.4 is 4.65 Å². The quantitative estimate of drug-likeness (QED) is 0.567. The lowest BCUT2D eigenvalue weighted by Crippen LogP contribution is -2.46. The summed E-state index contributed by atoms with van der Waals surface area (Å²) in [6.07, 6.45) is -3.34. The molecule has 1 heterocycles. The van der Waals surface area contributed by atoms with E-state index in [-0.39, 0.29) is 11.4 Å². The van der Waals surface area contributed by atoms with Gasteiger partial charge >= 0.3 is 13.2 Å². The van der Waals surface area contributed by atoms with Gasteiger partial charge in [0.15, 0.2) is 5.69 Å². The number of hydrogen-bond acceptors (Lipinski definition) is 1. The van der Waals surface area contributed by atoms with Gasteiger partial charge in [-0.05, 0) is 24.3 Å². The number of fused-ring (bicyclic) bond motifs is 1. The summed E-state index contributed by atoms with van der Waals surface area (Å²) in [6.45, 7) is 0. The first-order chi connectivity index (χ1) is 10.3. The van der Waals surface area contributed by atoms with Gasteiger partial charge in [-0.3, -0.25) is 0 Å². The Morgan fingerprint density at radius 2 is 1.55 bits per heavy atom. The van der Waals surface area contributed by atoms with Crippen LogP contribution >= 0.6 is 0 Å². The van der Waals surface area contributed by atoms with Crippen LogP contribution in [0.2, 0.25) is 0 Å². The Morgan fingerprint density at radius 1 is 0.909 bits per heavy atom. The summed E-state index contributed by atoms with van der Waals surface area (Å²) in [7, 11) is -4.40. The molecule has 2 aromatic rings. The van der Waals surface area contributed by atoms with Gasteiger partial charge in [0.2, 0.25) is 0 Å². The van der Waals surface area contributed by atoms with Crippen LogP contribution in [0, 0.1) is 0 Å². The highest BCUT2D eigenvalue weighted by atomic mass is 19.4. The third-order valence-electron chi connectivity index (χ3n) is 3.28. The first-order valence-electron chi connectivity index (χ1n) is 6.37. The maximum Gasteiger partial charge on any atom is 0.834 e. The van der Waals surface area contributed by atoms with Gasteiger partial charge in [-0.25, -0.2) is 0 Å². The van der Waals surface area contributed by atoms with E-state index in [1.807, 2.05) is 0 Å². The number of nitrogens with zero attached hydrogens (tertiary/aromatic N) is 1. The van der Waals surface area contributed by atoms with E-state index in [0.29, 0.717) is 10.0 Å². The fourth-order valence-corrected chi connectivity index (χ4v) is 2.21. The molecule has 0 atom stereocenters. The molecule has 0 fully saturated rings. The summed E-state index contributed by atoms with van der Waals surface area (Å²) in [6, 6.07) is 9.71. The van der Waals surface area contributed by atoms with Crippen LogP contribution in [0.5, 0.6) is 5.75 Å². The lowest BCUT2D eigenvalue weighted by molar-refractivity contribution is -0.343. The molecule has 0 aliphatic carbocycles. The highest BCUT2D eigenvalue weighted by Crippen LogP contribution is 2.33. The third kappa shape index (κ3) is 2.56. The van der Waals surface area contributed by atoms with E-state index < -0.39 is 18.8 Å². The van der Waals surface area contributed by atoms with E-state index >= 15 is 0 Å². The second kappa shape index (κ2) is 4.83. The van der Waals surface area contributed by atoms with E-state index in [1.54, 1.807) is 18.2 Å². The Balaban J connectivity index is 2.05. The predicted octanol–water partition coefficient (Wildman–Crippen LogP) is 4.24. The molecule has 2 nitrogen and oxygen atoms in total. The van der Waals surface area contributed by atoms with E-state index in [2.05, 4.69) is 4.65 Å². The summed E-state index contributed by atoms with van der Waals surface area (Å²) >= 11 is 0. The Hall–Kier alpha value is -2.38. The number of alkyl halides is 3. The van der Waals surface area contributed by atoms with Gasteiger partial charge in [0.05, 0.1) is 16.9 Å². The summed E-state index contributed by atoms with van der Waals surface area (Å²) in [5.41, 5.74) is -0.548. The van der Waals surface area contributed by atoms with E-state index in [0.717, 1.165) is 24.3 Å². The van der Waals surface area contributed by atoms with Crippen molar-refractivity contribution in [1.29, 1.82) is 0 Å². The van der Waals surface area contributed by atoms with Crippen LogP contribution in [-0.4, -0.2) is 17.7 Å². The number of hydrogen-bond donors (Lipinski definition) is 0. The van der Waals surface area contributed by atoms with Crippen LogP contribution in [0.4, 0.5) is 27.5 Å². The zero-order chi connectivity index (χ0) is 16.0. The summed E-state index contributed by atoms with van der Waals surface area (Å²) < 4.78 is 71.0. The molecule has 0 spiro atoms. The van der Waals surface area contributed by atoms with E-state index in [9.17, 15) is 21.8 Å². The Morgan fingerprint density at radius 3 is 2.18 bits per heavy atom. The van der Waals surface area contributed by atoms with Gasteiger partial charge in [-0.1, -0.05) is 12.1 Å². The van der Waals surface area contributed by atoms with Crippen molar-refractivity contribution in [3.05, 3.63) is 59.7 Å². The summed E-state index contributed by atoms with van der Waals surface area (Å²) in [5.74, 6) is 0.0376. The minimum absolute atomic E-state index is 0.0376. The first-order valence-corrected chi connectivity index (χ1v) is 6.37. The van der Waals surface area contributed by atoms with Crippen molar-refractivity contribution in [3.63, 3.8) is 0 Å². The molecule has 1 aliphatic heterocycles. The molecule has 8 heteroatoms. The molecular formula is C14H9BF5NO. The fourth-order valence-electron chi connectivity index (χ4n) is 2.21. The fraction of sp³-hybridized carbons (Fsp3) is 0.0714. The van der Waals surface area contributed by atoms with Gasteiger partial charge in [0.1, 0.15) is 6.21 Å². The van der Waals surface area contributed by atoms with Crippen LogP contribution in [0.25, 0.3) is 0 Å². The molecule has 1 aliphatic rings. The highest BCUT2D eigenvalue weighted by molar-refractivity contribution is 6.53. The van der Waals surface area contributed by atoms with Gasteiger partial charge in [-0.2, -0.15) is 13.2 Å². The SMILES string of the molecule is F[B-]1(F)Oc2ccccc2C=[N+]1c1ccc(C(F)(F)F)cc1. The smallest absolute Gasteiger partial charge is 0.599 e. The van der Waals surface area contributed by atoms with Crippen LogP contribution in [0.1, 0.15) is 11.1 Å². The Kier molecular flexibility index (Phi) is 3.19. The molecular weight excluding hydrogens is 304 g/mol. The van der Waals surface area contributed by atoms with Crippen molar-refractivity contribution >= 4 is 18.9 Å². The van der Waals surface area contributed by atoms with Crippen molar-refractivity contribution < 1.29 is 30.9 Å². The van der Waals surface area contributed by atoms with Crippen molar-refractivity contribution in [3.8, 4) is 5.75 Å². The zero-order valence-electron chi connectivity index (χ0n) is 11.0. The van der Waals surface area contributed by atoms with Crippen molar-refractivity contribution in [2.45, 2.75) is 6.18 Å². The molecule has 0 amide bonds. The molecule has 0 aromatic heterocycles. The third-order valence-corrected chi connectivity index (χ3v) is 3.28. The Bertz CT molecular complexity index is 740. The maximum absolute atomic E-state index is 14.1. The average Bonchev–Trinajstić information content (AvgIpc) is 2.45. The largest absolute Gasteiger partial charge is 0.834 e. The van der Waals surface area contributed by atoms with Crippen molar-refractivity contribution in [2.75, 3.05) is 0 Å². The molecule has 3 rings (SSSR count). The van der Waals surface area contributed by atoms with Gasteiger partial charge in [-0.15, -0.1) is 0 Å². The molecule has 0 radical (unpaired) electrons. The number of halogens is 5. The maximum atomic E-state index is 14.1. The van der Waals surface area contributed by atoms with Crippen molar-refractivity contribution in [2.24, 2.45) is 0 Å². The lowest BCUT2D eigenvalue weighted by atomic mass is 9.98. The van der Waals surface area contributed by atoms with Gasteiger partial charge in [0, 0.05) is 12.1 Å². The van der Waals surface area contributed by atoms with E-state index in [1.165, 1.54) is 12.3 Å². The summed E-state index contributed by atoms with van der Waals surface area (Å²) in [5, 5.41) is 0. The van der Waals surface area contributed by atoms with Gasteiger partial charge in [0.25, 0.3) is 0 Å². The summed E-state index contributed by atoms with van der Waals surface area (Å²) in [4.78, 5) is 0. The minimum Gasteiger partial charge on any atom is -0.599 e. The topological polar surface area (TPSA) is 12.2 Å². The molecule has 22 heavy (non-hydrogen) atoms. The normalized spacial score (nSPS) is 16.5. The highest BCUT2D eigenvalue weighted by Gasteiger charge is 2.50. The molecule has 2 aromatic carbocycles. The van der Waals surface area contributed by atoms with Crippen LogP contribution in [0.3, 0.4) is 0 Å². The second-order valence-corrected chi connectivity index (χ2v) is 4.80. The number of para-hydroxylation sites is 1. The Labute approximate surface area is 122 Å². The average molecular weight is 313 g/mol. The first kappa shape index (κ1) is 14.6. The van der Waals surface area contributed by atoms with E-state index in [4.69, 9.17) is 0 Å². The minimum atomic E-state index is -4.51. The molecule has 0 N–H and O–H groups in total. The van der Waals surface area contributed by atoms with Crippen LogP contribution in [0.15, 0.2) is 48.5 Å². The molecule has 114 valence electrons. The predicted molar refractivity (Wildman–Crippen MR) is 71.6 cm³/mol. The molecule has 0 bridgehead atoms. The molecule has 0 saturated carbocycles. The molecule has 0 saturated heterocycles. The lowest BCUT2D eigenvalue weighted by Gasteiger charge is -2.28. The van der Waals surface area contributed by atoms with Gasteiger partial charge < -0.3 is 17.8 Å². The standard InChI is InChI=1S/C14H9BF5NO/c16-14(17,18)11-5-7-12(8-6-11)21-9-10-3-1-2-4-13(10)22-15(21,19)20/h1-9H. The zero-order valence-corrected chi connectivity index (χ0v) is 11.0. The number of benzene rings is 2. The monoisotopic (exact) mass is 313 g/mol. The second-order valence-electron chi connectivity index (χ2n) is 4.80.